The van der Waals surface area contributed by atoms with Crippen molar-refractivity contribution in [1.82, 2.24) is 13.7 Å². The van der Waals surface area contributed by atoms with Gasteiger partial charge in [0, 0.05) is 31.1 Å². The first-order chi connectivity index (χ1) is 20.0. The quantitative estimate of drug-likeness (QED) is 0.244. The Morgan fingerprint density at radius 3 is 2.40 bits per heavy atom. The van der Waals surface area contributed by atoms with E-state index in [1.165, 1.54) is 22.7 Å². The summed E-state index contributed by atoms with van der Waals surface area (Å²) in [4.78, 5) is 11.7. The number of sulfonamides is 2. The normalized spacial score (nSPS) is 20.2. The zero-order chi connectivity index (χ0) is 31.6. The first kappa shape index (κ1) is 33.0. The molecule has 2 unspecified atom stereocenters. The van der Waals surface area contributed by atoms with Gasteiger partial charge >= 0.3 is 10.2 Å². The van der Waals surface area contributed by atoms with E-state index in [9.17, 15) is 40.3 Å². The average molecular weight is 659 g/mol. The summed E-state index contributed by atoms with van der Waals surface area (Å²) in [6.07, 6.45) is 6.08. The second-order valence-corrected chi connectivity index (χ2v) is 16.6. The molecule has 1 amide bonds. The first-order valence-electron chi connectivity index (χ1n) is 13.9. The fourth-order valence-corrected chi connectivity index (χ4v) is 8.32. The van der Waals surface area contributed by atoms with E-state index in [4.69, 9.17) is 0 Å². The number of hydrogen-bond acceptors (Lipinski definition) is 9. The lowest BCUT2D eigenvalue weighted by atomic mass is 9.84. The molecule has 13 nitrogen and oxygen atoms in total. The Balaban J connectivity index is 1.57. The predicted octanol–water partition coefficient (Wildman–Crippen LogP) is 1.34. The van der Waals surface area contributed by atoms with Crippen LogP contribution in [0, 0.1) is 5.92 Å². The molecule has 16 heteroatoms. The minimum absolute atomic E-state index is 0.0213. The van der Waals surface area contributed by atoms with E-state index in [0.29, 0.717) is 49.9 Å². The van der Waals surface area contributed by atoms with Gasteiger partial charge in [-0.3, -0.25) is 4.79 Å². The zero-order valence-electron chi connectivity index (χ0n) is 24.1. The van der Waals surface area contributed by atoms with Gasteiger partial charge in [-0.2, -0.15) is 8.42 Å². The molecule has 2 aliphatic heterocycles. The van der Waals surface area contributed by atoms with Crippen LogP contribution >= 0.6 is 0 Å². The van der Waals surface area contributed by atoms with Crippen LogP contribution < -0.4 is 13.7 Å². The number of piperidine rings is 1. The summed E-state index contributed by atoms with van der Waals surface area (Å²) < 4.78 is 78.1. The van der Waals surface area contributed by atoms with Crippen LogP contribution in [0.2, 0.25) is 0 Å². The number of carbonyl (C=O) groups excluding carboxylic acids is 1. The minimum atomic E-state index is -4.12. The number of hydrogen-bond donors (Lipinski definition) is 4. The lowest BCUT2D eigenvalue weighted by Crippen LogP contribution is -2.39. The highest BCUT2D eigenvalue weighted by Crippen LogP contribution is 2.40. The fourth-order valence-electron chi connectivity index (χ4n) is 5.70. The maximum Gasteiger partial charge on any atom is 0.326 e. The van der Waals surface area contributed by atoms with Crippen molar-refractivity contribution in [2.24, 2.45) is 5.92 Å². The number of aromatic hydroxyl groups is 2. The highest BCUT2D eigenvalue weighted by atomic mass is 32.2. The summed E-state index contributed by atoms with van der Waals surface area (Å²) in [6.45, 7) is 0.700. The summed E-state index contributed by atoms with van der Waals surface area (Å²) in [7, 11) is -10.7. The summed E-state index contributed by atoms with van der Waals surface area (Å²) in [6, 6.07) is 9.77. The third-order valence-corrected chi connectivity index (χ3v) is 11.1. The van der Waals surface area contributed by atoms with E-state index < -0.39 is 48.6 Å². The van der Waals surface area contributed by atoms with Crippen LogP contribution in [0.1, 0.15) is 54.7 Å². The number of nitrogens with one attached hydrogen (secondary N) is 2. The van der Waals surface area contributed by atoms with Crippen molar-refractivity contribution in [2.45, 2.75) is 44.4 Å². The number of rotatable bonds is 12. The van der Waals surface area contributed by atoms with Gasteiger partial charge in [-0.1, -0.05) is 24.6 Å². The van der Waals surface area contributed by atoms with Gasteiger partial charge in [-0.05, 0) is 67.3 Å². The predicted molar refractivity (Wildman–Crippen MR) is 162 cm³/mol. The lowest BCUT2D eigenvalue weighted by molar-refractivity contribution is -0.117. The number of anilines is 1. The van der Waals surface area contributed by atoms with E-state index >= 15 is 0 Å². The molecule has 0 bridgehead atoms. The first-order valence-corrected chi connectivity index (χ1v) is 19.1. The summed E-state index contributed by atoms with van der Waals surface area (Å²) in [5.41, 5.74) is 1.95. The van der Waals surface area contributed by atoms with Gasteiger partial charge in [-0.15, -0.1) is 0 Å². The molecule has 2 fully saturated rings. The Bertz CT molecular complexity index is 1680. The van der Waals surface area contributed by atoms with Crippen molar-refractivity contribution < 1.29 is 40.3 Å². The van der Waals surface area contributed by atoms with Crippen LogP contribution in [-0.2, 0) is 41.5 Å². The van der Waals surface area contributed by atoms with Crippen molar-refractivity contribution in [3.63, 3.8) is 0 Å². The Morgan fingerprint density at radius 1 is 1.05 bits per heavy atom. The number of nitrogens with zero attached hydrogens (tertiary/aromatic N) is 2. The summed E-state index contributed by atoms with van der Waals surface area (Å²) in [5.74, 6) is -1.37. The van der Waals surface area contributed by atoms with Gasteiger partial charge in [0.2, 0.25) is 20.0 Å². The van der Waals surface area contributed by atoms with Gasteiger partial charge in [0.05, 0.1) is 18.2 Å². The van der Waals surface area contributed by atoms with E-state index in [1.807, 2.05) is 10.8 Å². The molecular formula is C27H38N4O9S3. The molecule has 4 rings (SSSR count). The van der Waals surface area contributed by atoms with Gasteiger partial charge in [0.1, 0.15) is 18.0 Å². The molecule has 0 saturated carbocycles. The van der Waals surface area contributed by atoms with Crippen molar-refractivity contribution in [3.8, 4) is 11.5 Å². The molecule has 2 saturated heterocycles. The standard InChI is InChI=1S/C27H38N4O9S3/c1-41(35,36)28-12-4-3-7-22(21-9-11-24(26(33)16-21)31-18-27(34)29-43(31,39)40)23-10-8-19(15-25(23)32)14-20-6-5-13-30(17-20)42(2,37)38/h8-11,15-16,20,22,28,32-33H,3-7,12-14,17-18H2,1-2H3,(H,29,34). The molecule has 0 aromatic heterocycles. The van der Waals surface area contributed by atoms with E-state index in [0.717, 1.165) is 29.0 Å². The van der Waals surface area contributed by atoms with Gasteiger partial charge in [0.15, 0.2) is 0 Å². The molecular weight excluding hydrogens is 621 g/mol. The molecule has 0 aliphatic carbocycles. The highest BCUT2D eigenvalue weighted by Gasteiger charge is 2.36. The Hall–Kier alpha value is -2.92. The average Bonchev–Trinajstić information content (AvgIpc) is 3.17. The number of carbonyl (C=O) groups is 1. The van der Waals surface area contributed by atoms with E-state index in [-0.39, 0.29) is 29.6 Å². The Kier molecular flexibility index (Phi) is 9.95. The van der Waals surface area contributed by atoms with Crippen LogP contribution in [0.15, 0.2) is 36.4 Å². The molecule has 2 aliphatic rings. The summed E-state index contributed by atoms with van der Waals surface area (Å²) in [5, 5.41) is 22.0. The third-order valence-electron chi connectivity index (χ3n) is 7.72. The van der Waals surface area contributed by atoms with Crippen LogP contribution in [0.3, 0.4) is 0 Å². The third kappa shape index (κ3) is 8.59. The molecule has 4 N–H and O–H groups in total. The zero-order valence-corrected chi connectivity index (χ0v) is 26.5. The molecule has 0 radical (unpaired) electrons. The minimum Gasteiger partial charge on any atom is -0.508 e. The van der Waals surface area contributed by atoms with Crippen molar-refractivity contribution in [1.29, 1.82) is 0 Å². The molecule has 0 spiro atoms. The van der Waals surface area contributed by atoms with Crippen LogP contribution in [-0.4, -0.2) is 84.4 Å². The molecule has 2 atom stereocenters. The number of unbranched alkanes of at least 4 members (excludes halogenated alkanes) is 1. The van der Waals surface area contributed by atoms with Gasteiger partial charge in [0.25, 0.3) is 5.91 Å². The second-order valence-electron chi connectivity index (χ2n) is 11.2. The fraction of sp³-hybridized carbons (Fsp3) is 0.519. The smallest absolute Gasteiger partial charge is 0.326 e. The molecule has 238 valence electrons. The molecule has 2 aromatic rings. The van der Waals surface area contributed by atoms with Crippen molar-refractivity contribution >= 4 is 41.9 Å². The number of phenols is 2. The monoisotopic (exact) mass is 658 g/mol. The number of phenolic OH excluding ortho intramolecular Hbond substituents is 2. The Labute approximate surface area is 253 Å². The van der Waals surface area contributed by atoms with Crippen LogP contribution in [0.25, 0.3) is 0 Å². The van der Waals surface area contributed by atoms with Crippen LogP contribution in [0.4, 0.5) is 5.69 Å². The topological polar surface area (TPSA) is 190 Å². The summed E-state index contributed by atoms with van der Waals surface area (Å²) >= 11 is 0. The second kappa shape index (κ2) is 13.0. The van der Waals surface area contributed by atoms with Crippen LogP contribution in [0.5, 0.6) is 11.5 Å². The Morgan fingerprint density at radius 2 is 1.79 bits per heavy atom. The van der Waals surface area contributed by atoms with Crippen molar-refractivity contribution in [2.75, 3.05) is 43.0 Å². The molecule has 43 heavy (non-hydrogen) atoms. The molecule has 2 aromatic carbocycles. The molecule has 2 heterocycles. The maximum atomic E-state index is 12.3. The van der Waals surface area contributed by atoms with Gasteiger partial charge in [-0.25, -0.2) is 34.9 Å². The van der Waals surface area contributed by atoms with E-state index in [1.54, 1.807) is 18.2 Å². The van der Waals surface area contributed by atoms with E-state index in [2.05, 4.69) is 4.72 Å². The van der Waals surface area contributed by atoms with Crippen molar-refractivity contribution in [3.05, 3.63) is 53.1 Å². The number of benzene rings is 2. The largest absolute Gasteiger partial charge is 0.508 e. The lowest BCUT2D eigenvalue weighted by Gasteiger charge is -2.31. The maximum absolute atomic E-state index is 12.3. The SMILES string of the molecule is CS(=O)(=O)NCCCCC(c1ccc(N2CC(=O)NS2(=O)=O)c(O)c1)c1ccc(CC2CCCN(S(C)(=O)=O)C2)cc1O. The number of amides is 1. The van der Waals surface area contributed by atoms with Gasteiger partial charge < -0.3 is 10.2 Å². The highest BCUT2D eigenvalue weighted by molar-refractivity contribution is 7.92.